The molecule has 0 radical (unpaired) electrons. The average Bonchev–Trinajstić information content (AvgIpc) is 2.81. The number of likely N-dealkylation sites (N-methyl/N-ethyl adjacent to an activating group) is 1. The Bertz CT molecular complexity index is 794. The highest BCUT2D eigenvalue weighted by molar-refractivity contribution is 5.80. The molecule has 2 atom stereocenters. The summed E-state index contributed by atoms with van der Waals surface area (Å²) in [6.45, 7) is 6.70. The Balaban J connectivity index is 1.42. The third-order valence-corrected chi connectivity index (χ3v) is 6.22. The van der Waals surface area contributed by atoms with Gasteiger partial charge in [0.2, 0.25) is 5.91 Å². The second kappa shape index (κ2) is 10.00. The Morgan fingerprint density at radius 1 is 1.13 bits per heavy atom. The van der Waals surface area contributed by atoms with Gasteiger partial charge in [0.25, 0.3) is 0 Å². The van der Waals surface area contributed by atoms with E-state index < -0.39 is 0 Å². The number of aromatic nitrogens is 2. The number of piperidine rings is 1. The molecular weight excluding hydrogens is 376 g/mol. The van der Waals surface area contributed by atoms with Crippen molar-refractivity contribution in [2.45, 2.75) is 18.9 Å². The first kappa shape index (κ1) is 20.8. The first-order chi connectivity index (χ1) is 14.7. The Morgan fingerprint density at radius 2 is 1.93 bits per heavy atom. The van der Waals surface area contributed by atoms with Crippen LogP contribution in [0.25, 0.3) is 0 Å². The third kappa shape index (κ3) is 5.34. The number of carbonyl (C=O) groups excluding carboxylic acids is 1. The van der Waals surface area contributed by atoms with Crippen molar-refractivity contribution in [2.75, 3.05) is 57.8 Å². The van der Waals surface area contributed by atoms with Crippen LogP contribution in [0.3, 0.4) is 0 Å². The van der Waals surface area contributed by atoms with Crippen molar-refractivity contribution < 1.29 is 4.79 Å². The molecule has 0 saturated carbocycles. The lowest BCUT2D eigenvalue weighted by Crippen LogP contribution is -2.49. The standard InChI is InChI=1S/C23H32N6O/c1-27-12-14-28(15-13-27)18-21(19-6-3-2-4-7-19)26-23(30)20-8-5-11-29(17-20)22-16-24-9-10-25-22/h2-4,6-7,9-10,16,20-21H,5,8,11-15,17-18H2,1H3,(H,26,30). The summed E-state index contributed by atoms with van der Waals surface area (Å²) in [7, 11) is 2.17. The molecule has 2 aromatic rings. The lowest BCUT2D eigenvalue weighted by Gasteiger charge is -2.36. The van der Waals surface area contributed by atoms with Gasteiger partial charge < -0.3 is 15.1 Å². The molecule has 2 aliphatic rings. The first-order valence-corrected chi connectivity index (χ1v) is 11.0. The van der Waals surface area contributed by atoms with E-state index in [2.05, 4.69) is 61.3 Å². The lowest BCUT2D eigenvalue weighted by atomic mass is 9.96. The fourth-order valence-electron chi connectivity index (χ4n) is 4.35. The lowest BCUT2D eigenvalue weighted by molar-refractivity contribution is -0.126. The van der Waals surface area contributed by atoms with Crippen LogP contribution in [-0.2, 0) is 4.79 Å². The molecule has 2 saturated heterocycles. The van der Waals surface area contributed by atoms with E-state index in [1.54, 1.807) is 18.6 Å². The topological polar surface area (TPSA) is 64.6 Å². The molecule has 7 nitrogen and oxygen atoms in total. The molecule has 4 rings (SSSR count). The smallest absolute Gasteiger partial charge is 0.225 e. The number of anilines is 1. The highest BCUT2D eigenvalue weighted by Gasteiger charge is 2.29. The zero-order valence-electron chi connectivity index (χ0n) is 17.8. The van der Waals surface area contributed by atoms with E-state index >= 15 is 0 Å². The highest BCUT2D eigenvalue weighted by atomic mass is 16.2. The van der Waals surface area contributed by atoms with Crippen molar-refractivity contribution in [3.05, 3.63) is 54.5 Å². The quantitative estimate of drug-likeness (QED) is 0.786. The first-order valence-electron chi connectivity index (χ1n) is 11.0. The monoisotopic (exact) mass is 408 g/mol. The van der Waals surface area contributed by atoms with Gasteiger partial charge in [0.05, 0.1) is 18.2 Å². The minimum Gasteiger partial charge on any atom is -0.355 e. The molecule has 2 fully saturated rings. The summed E-state index contributed by atoms with van der Waals surface area (Å²) in [5.74, 6) is 0.970. The molecule has 1 N–H and O–H groups in total. The van der Waals surface area contributed by atoms with Crippen LogP contribution in [0, 0.1) is 5.92 Å². The number of amides is 1. The molecule has 1 amide bonds. The van der Waals surface area contributed by atoms with E-state index in [0.29, 0.717) is 6.54 Å². The number of rotatable bonds is 6. The van der Waals surface area contributed by atoms with Crippen LogP contribution in [0.5, 0.6) is 0 Å². The van der Waals surface area contributed by atoms with E-state index in [1.165, 1.54) is 5.56 Å². The molecule has 0 aliphatic carbocycles. The maximum Gasteiger partial charge on any atom is 0.225 e. The van der Waals surface area contributed by atoms with Gasteiger partial charge in [-0.1, -0.05) is 30.3 Å². The molecule has 30 heavy (non-hydrogen) atoms. The number of hydrogen-bond acceptors (Lipinski definition) is 6. The van der Waals surface area contributed by atoms with Gasteiger partial charge in [0.1, 0.15) is 5.82 Å². The molecule has 1 aromatic heterocycles. The maximum absolute atomic E-state index is 13.3. The number of nitrogens with zero attached hydrogens (tertiary/aromatic N) is 5. The zero-order chi connectivity index (χ0) is 20.8. The summed E-state index contributed by atoms with van der Waals surface area (Å²) >= 11 is 0. The summed E-state index contributed by atoms with van der Waals surface area (Å²) in [6, 6.07) is 10.4. The summed E-state index contributed by atoms with van der Waals surface area (Å²) in [4.78, 5) is 28.8. The van der Waals surface area contributed by atoms with Crippen molar-refractivity contribution >= 4 is 11.7 Å². The molecule has 0 bridgehead atoms. The Labute approximate surface area is 179 Å². The summed E-state index contributed by atoms with van der Waals surface area (Å²) in [5.41, 5.74) is 1.17. The number of hydrogen-bond donors (Lipinski definition) is 1. The zero-order valence-corrected chi connectivity index (χ0v) is 17.8. The van der Waals surface area contributed by atoms with E-state index in [1.807, 2.05) is 6.07 Å². The molecule has 3 heterocycles. The van der Waals surface area contributed by atoms with Crippen LogP contribution < -0.4 is 10.2 Å². The van der Waals surface area contributed by atoms with Crippen molar-refractivity contribution in [3.63, 3.8) is 0 Å². The number of nitrogens with one attached hydrogen (secondary N) is 1. The van der Waals surface area contributed by atoms with Gasteiger partial charge in [0.15, 0.2) is 0 Å². The van der Waals surface area contributed by atoms with E-state index in [0.717, 1.165) is 57.9 Å². The molecule has 1 aromatic carbocycles. The van der Waals surface area contributed by atoms with Gasteiger partial charge >= 0.3 is 0 Å². The van der Waals surface area contributed by atoms with Crippen molar-refractivity contribution in [3.8, 4) is 0 Å². The summed E-state index contributed by atoms with van der Waals surface area (Å²) in [5, 5.41) is 3.38. The molecule has 2 aliphatic heterocycles. The molecule has 2 unspecified atom stereocenters. The van der Waals surface area contributed by atoms with E-state index in [4.69, 9.17) is 0 Å². The van der Waals surface area contributed by atoms with Crippen molar-refractivity contribution in [1.82, 2.24) is 25.1 Å². The van der Waals surface area contributed by atoms with Crippen LogP contribution in [0.1, 0.15) is 24.4 Å². The average molecular weight is 409 g/mol. The largest absolute Gasteiger partial charge is 0.355 e. The Hall–Kier alpha value is -2.51. The van der Waals surface area contributed by atoms with Gasteiger partial charge in [-0.3, -0.25) is 14.7 Å². The normalized spacial score (nSPS) is 21.9. The second-order valence-electron chi connectivity index (χ2n) is 8.42. The predicted octanol–water partition coefficient (Wildman–Crippen LogP) is 1.80. The third-order valence-electron chi connectivity index (χ3n) is 6.22. The van der Waals surface area contributed by atoms with E-state index in [9.17, 15) is 4.79 Å². The van der Waals surface area contributed by atoms with Gasteiger partial charge in [-0.2, -0.15) is 0 Å². The fraction of sp³-hybridized carbons (Fsp3) is 0.522. The minimum atomic E-state index is -0.0283. The van der Waals surface area contributed by atoms with Crippen molar-refractivity contribution in [1.29, 1.82) is 0 Å². The van der Waals surface area contributed by atoms with Gasteiger partial charge in [-0.15, -0.1) is 0 Å². The Morgan fingerprint density at radius 3 is 2.67 bits per heavy atom. The number of benzene rings is 1. The Kier molecular flexibility index (Phi) is 6.92. The molecule has 160 valence electrons. The molecule has 0 spiro atoms. The molecule has 7 heteroatoms. The predicted molar refractivity (Wildman–Crippen MR) is 118 cm³/mol. The fourth-order valence-corrected chi connectivity index (χ4v) is 4.35. The van der Waals surface area contributed by atoms with Crippen LogP contribution in [0.15, 0.2) is 48.9 Å². The van der Waals surface area contributed by atoms with Crippen LogP contribution in [0.4, 0.5) is 5.82 Å². The molecular formula is C23H32N6O. The number of piperazine rings is 1. The SMILES string of the molecule is CN1CCN(CC(NC(=O)C2CCCN(c3cnccn3)C2)c2ccccc2)CC1. The van der Waals surface area contributed by atoms with Crippen LogP contribution >= 0.6 is 0 Å². The van der Waals surface area contributed by atoms with Gasteiger partial charge in [-0.05, 0) is 25.5 Å². The van der Waals surface area contributed by atoms with Gasteiger partial charge in [0, 0.05) is 58.2 Å². The summed E-state index contributed by atoms with van der Waals surface area (Å²) < 4.78 is 0. The highest BCUT2D eigenvalue weighted by Crippen LogP contribution is 2.23. The van der Waals surface area contributed by atoms with Crippen LogP contribution in [0.2, 0.25) is 0 Å². The van der Waals surface area contributed by atoms with Crippen molar-refractivity contribution in [2.24, 2.45) is 5.92 Å². The second-order valence-corrected chi connectivity index (χ2v) is 8.42. The minimum absolute atomic E-state index is 0.00833. The maximum atomic E-state index is 13.3. The van der Waals surface area contributed by atoms with Crippen LogP contribution in [-0.4, -0.2) is 78.5 Å². The van der Waals surface area contributed by atoms with Gasteiger partial charge in [-0.25, -0.2) is 4.98 Å². The van der Waals surface area contributed by atoms with E-state index in [-0.39, 0.29) is 17.9 Å². The number of carbonyl (C=O) groups is 1. The summed E-state index contributed by atoms with van der Waals surface area (Å²) in [6.07, 6.45) is 7.07.